The van der Waals surface area contributed by atoms with Gasteiger partial charge in [0.15, 0.2) is 0 Å². The van der Waals surface area contributed by atoms with E-state index in [-0.39, 0.29) is 5.75 Å². The zero-order chi connectivity index (χ0) is 11.8. The average Bonchev–Trinajstić information content (AvgIpc) is 2.57. The second-order valence-corrected chi connectivity index (χ2v) is 3.26. The van der Waals surface area contributed by atoms with Crippen molar-refractivity contribution in [1.82, 2.24) is 9.38 Å². The third kappa shape index (κ3) is 2.26. The first-order valence-corrected chi connectivity index (χ1v) is 4.71. The van der Waals surface area contributed by atoms with Gasteiger partial charge < -0.3 is 9.14 Å². The summed E-state index contributed by atoms with van der Waals surface area (Å²) in [6.45, 7) is 1.93. The highest BCUT2D eigenvalue weighted by Gasteiger charge is 2.31. The van der Waals surface area contributed by atoms with Crippen molar-refractivity contribution in [3.8, 4) is 5.75 Å². The van der Waals surface area contributed by atoms with Crippen molar-refractivity contribution in [3.63, 3.8) is 0 Å². The van der Waals surface area contributed by atoms with Crippen LogP contribution in [0.15, 0.2) is 24.5 Å². The summed E-state index contributed by atoms with van der Waals surface area (Å²) in [6.07, 6.45) is -0.676. The van der Waals surface area contributed by atoms with E-state index in [0.717, 1.165) is 12.1 Å². The molecular weight excluding hydrogens is 221 g/mol. The van der Waals surface area contributed by atoms with Crippen molar-refractivity contribution in [3.05, 3.63) is 30.2 Å². The summed E-state index contributed by atoms with van der Waals surface area (Å²) in [5, 5.41) is 0. The SMILES string of the molecule is CCc1cn2ccc(OC(F)(F)F)cc2n1. The first-order chi connectivity index (χ1) is 7.48. The summed E-state index contributed by atoms with van der Waals surface area (Å²) in [4.78, 5) is 4.14. The van der Waals surface area contributed by atoms with E-state index in [0.29, 0.717) is 5.65 Å². The van der Waals surface area contributed by atoms with E-state index >= 15 is 0 Å². The molecule has 16 heavy (non-hydrogen) atoms. The highest BCUT2D eigenvalue weighted by molar-refractivity contribution is 5.45. The zero-order valence-electron chi connectivity index (χ0n) is 8.45. The highest BCUT2D eigenvalue weighted by atomic mass is 19.4. The number of halogens is 3. The average molecular weight is 230 g/mol. The van der Waals surface area contributed by atoms with Crippen LogP contribution in [-0.2, 0) is 6.42 Å². The molecule has 0 aliphatic heterocycles. The molecule has 0 aromatic carbocycles. The van der Waals surface area contributed by atoms with Crippen LogP contribution >= 0.6 is 0 Å². The largest absolute Gasteiger partial charge is 0.573 e. The fourth-order valence-electron chi connectivity index (χ4n) is 1.38. The number of nitrogens with zero attached hydrogens (tertiary/aromatic N) is 2. The Morgan fingerprint density at radius 1 is 1.44 bits per heavy atom. The Morgan fingerprint density at radius 2 is 2.19 bits per heavy atom. The van der Waals surface area contributed by atoms with E-state index in [4.69, 9.17) is 0 Å². The number of hydrogen-bond acceptors (Lipinski definition) is 2. The van der Waals surface area contributed by atoms with E-state index in [1.165, 1.54) is 18.3 Å². The summed E-state index contributed by atoms with van der Waals surface area (Å²) in [6, 6.07) is 2.51. The minimum Gasteiger partial charge on any atom is -0.406 e. The number of aromatic nitrogens is 2. The summed E-state index contributed by atoms with van der Waals surface area (Å²) in [5.41, 5.74) is 1.27. The lowest BCUT2D eigenvalue weighted by molar-refractivity contribution is -0.274. The second kappa shape index (κ2) is 3.70. The van der Waals surface area contributed by atoms with Crippen LogP contribution in [0.2, 0.25) is 0 Å². The van der Waals surface area contributed by atoms with Gasteiger partial charge in [0, 0.05) is 18.5 Å². The molecule has 0 atom stereocenters. The summed E-state index contributed by atoms with van der Waals surface area (Å²) >= 11 is 0. The predicted octanol–water partition coefficient (Wildman–Crippen LogP) is 2.80. The Balaban J connectivity index is 2.36. The van der Waals surface area contributed by atoms with Crippen molar-refractivity contribution in [1.29, 1.82) is 0 Å². The van der Waals surface area contributed by atoms with Crippen molar-refractivity contribution in [2.45, 2.75) is 19.7 Å². The summed E-state index contributed by atoms with van der Waals surface area (Å²) < 4.78 is 41.3. The lowest BCUT2D eigenvalue weighted by Crippen LogP contribution is -2.17. The van der Waals surface area contributed by atoms with Gasteiger partial charge >= 0.3 is 6.36 Å². The van der Waals surface area contributed by atoms with Gasteiger partial charge in [-0.1, -0.05) is 6.92 Å². The molecule has 2 aromatic heterocycles. The molecule has 6 heteroatoms. The van der Waals surface area contributed by atoms with Crippen LogP contribution in [0.25, 0.3) is 5.65 Å². The van der Waals surface area contributed by atoms with Crippen LogP contribution in [0, 0.1) is 0 Å². The van der Waals surface area contributed by atoms with E-state index in [1.54, 1.807) is 10.6 Å². The fraction of sp³-hybridized carbons (Fsp3) is 0.300. The van der Waals surface area contributed by atoms with Crippen LogP contribution in [0.5, 0.6) is 5.75 Å². The number of pyridine rings is 1. The standard InChI is InChI=1S/C10H9F3N2O/c1-2-7-6-15-4-3-8(5-9(15)14-7)16-10(11,12)13/h3-6H,2H2,1H3. The van der Waals surface area contributed by atoms with E-state index < -0.39 is 6.36 Å². The number of rotatable bonds is 2. The van der Waals surface area contributed by atoms with Gasteiger partial charge in [-0.3, -0.25) is 0 Å². The lowest BCUT2D eigenvalue weighted by Gasteiger charge is -2.08. The quantitative estimate of drug-likeness (QED) is 0.793. The molecule has 0 radical (unpaired) electrons. The van der Waals surface area contributed by atoms with Crippen LogP contribution in [0.3, 0.4) is 0 Å². The third-order valence-electron chi connectivity index (χ3n) is 2.08. The van der Waals surface area contributed by atoms with Gasteiger partial charge in [-0.25, -0.2) is 4.98 Å². The first kappa shape index (κ1) is 10.8. The first-order valence-electron chi connectivity index (χ1n) is 4.71. The summed E-state index contributed by atoms with van der Waals surface area (Å²) in [7, 11) is 0. The monoisotopic (exact) mass is 230 g/mol. The predicted molar refractivity (Wildman–Crippen MR) is 51.3 cm³/mol. The molecule has 2 heterocycles. The molecule has 2 aromatic rings. The van der Waals surface area contributed by atoms with E-state index in [2.05, 4.69) is 9.72 Å². The minimum absolute atomic E-state index is 0.256. The number of fused-ring (bicyclic) bond motifs is 1. The molecule has 0 aliphatic rings. The molecule has 0 aliphatic carbocycles. The molecule has 2 rings (SSSR count). The zero-order valence-corrected chi connectivity index (χ0v) is 8.45. The van der Waals surface area contributed by atoms with E-state index in [1.807, 2.05) is 6.92 Å². The van der Waals surface area contributed by atoms with Crippen LogP contribution in [-0.4, -0.2) is 15.7 Å². The molecule has 0 spiro atoms. The van der Waals surface area contributed by atoms with Crippen LogP contribution in [0.4, 0.5) is 13.2 Å². The molecule has 0 fully saturated rings. The topological polar surface area (TPSA) is 26.5 Å². The number of ether oxygens (including phenoxy) is 1. The van der Waals surface area contributed by atoms with Crippen molar-refractivity contribution in [2.75, 3.05) is 0 Å². The maximum Gasteiger partial charge on any atom is 0.573 e. The Kier molecular flexibility index (Phi) is 2.49. The maximum atomic E-state index is 12.0. The van der Waals surface area contributed by atoms with Gasteiger partial charge in [0.1, 0.15) is 11.4 Å². The lowest BCUT2D eigenvalue weighted by atomic mass is 10.4. The Hall–Kier alpha value is -1.72. The summed E-state index contributed by atoms with van der Waals surface area (Å²) in [5.74, 6) is -0.256. The van der Waals surface area contributed by atoms with Crippen LogP contribution in [0.1, 0.15) is 12.6 Å². The molecule has 0 N–H and O–H groups in total. The van der Waals surface area contributed by atoms with Gasteiger partial charge in [-0.15, -0.1) is 13.2 Å². The van der Waals surface area contributed by atoms with Gasteiger partial charge in [0.2, 0.25) is 0 Å². The molecule has 0 saturated heterocycles. The Bertz CT molecular complexity index is 504. The molecule has 0 bridgehead atoms. The smallest absolute Gasteiger partial charge is 0.406 e. The number of imidazole rings is 1. The molecule has 0 amide bonds. The van der Waals surface area contributed by atoms with Gasteiger partial charge in [-0.05, 0) is 12.5 Å². The van der Waals surface area contributed by atoms with E-state index in [9.17, 15) is 13.2 Å². The molecule has 0 unspecified atom stereocenters. The minimum atomic E-state index is -4.67. The number of hydrogen-bond donors (Lipinski definition) is 0. The maximum absolute atomic E-state index is 12.0. The fourth-order valence-corrected chi connectivity index (χ4v) is 1.38. The Morgan fingerprint density at radius 3 is 2.81 bits per heavy atom. The van der Waals surface area contributed by atoms with Crippen molar-refractivity contribution >= 4 is 5.65 Å². The number of alkyl halides is 3. The highest BCUT2D eigenvalue weighted by Crippen LogP contribution is 2.23. The van der Waals surface area contributed by atoms with Gasteiger partial charge in [0.25, 0.3) is 0 Å². The van der Waals surface area contributed by atoms with Gasteiger partial charge in [0.05, 0.1) is 5.69 Å². The van der Waals surface area contributed by atoms with Crippen molar-refractivity contribution < 1.29 is 17.9 Å². The van der Waals surface area contributed by atoms with Gasteiger partial charge in [-0.2, -0.15) is 0 Å². The molecule has 86 valence electrons. The molecule has 3 nitrogen and oxygen atoms in total. The second-order valence-electron chi connectivity index (χ2n) is 3.26. The van der Waals surface area contributed by atoms with Crippen LogP contribution < -0.4 is 4.74 Å². The molecular formula is C10H9F3N2O. The third-order valence-corrected chi connectivity index (χ3v) is 2.08. The molecule has 0 saturated carbocycles. The normalized spacial score (nSPS) is 12.0. The van der Waals surface area contributed by atoms with Crippen molar-refractivity contribution in [2.24, 2.45) is 0 Å². The Labute approximate surface area is 89.5 Å². The number of aryl methyl sites for hydroxylation is 1.